The highest BCUT2D eigenvalue weighted by Crippen LogP contribution is 2.27. The molecule has 0 aromatic rings. The molecule has 0 aliphatic heterocycles. The molecular formula is C10H19NO5S. The largest absolute Gasteiger partial charge is 0.481 e. The van der Waals surface area contributed by atoms with Crippen molar-refractivity contribution in [3.05, 3.63) is 0 Å². The van der Waals surface area contributed by atoms with Gasteiger partial charge >= 0.3 is 5.97 Å². The van der Waals surface area contributed by atoms with Gasteiger partial charge in [-0.25, -0.2) is 13.1 Å². The molecule has 1 saturated carbocycles. The highest BCUT2D eigenvalue weighted by Gasteiger charge is 2.30. The number of nitrogens with one attached hydrogen (secondary N) is 1. The fourth-order valence-corrected chi connectivity index (χ4v) is 3.00. The van der Waals surface area contributed by atoms with E-state index in [1.807, 2.05) is 0 Å². The summed E-state index contributed by atoms with van der Waals surface area (Å²) < 4.78 is 25.2. The minimum atomic E-state index is -3.60. The summed E-state index contributed by atoms with van der Waals surface area (Å²) in [5.41, 5.74) is -0.964. The third-order valence-corrected chi connectivity index (χ3v) is 4.32. The molecule has 3 N–H and O–H groups in total. The molecule has 0 radical (unpaired) electrons. The zero-order valence-electron chi connectivity index (χ0n) is 9.68. The van der Waals surface area contributed by atoms with Gasteiger partial charge in [-0.3, -0.25) is 4.79 Å². The van der Waals surface area contributed by atoms with Crippen molar-refractivity contribution in [2.45, 2.75) is 44.1 Å². The predicted octanol–water partition coefficient (Wildman–Crippen LogP) is 0.0757. The predicted molar refractivity (Wildman–Crippen MR) is 62.1 cm³/mol. The van der Waals surface area contributed by atoms with Gasteiger partial charge in [-0.1, -0.05) is 19.3 Å². The van der Waals surface area contributed by atoms with Gasteiger partial charge in [0, 0.05) is 6.54 Å². The molecule has 0 saturated heterocycles. The first-order valence-corrected chi connectivity index (χ1v) is 7.40. The normalized spacial score (nSPS) is 20.1. The summed E-state index contributed by atoms with van der Waals surface area (Å²) in [7, 11) is -3.60. The minimum absolute atomic E-state index is 0.0189. The molecule has 0 heterocycles. The van der Waals surface area contributed by atoms with Crippen LogP contribution in [0.5, 0.6) is 0 Å². The second-order valence-corrected chi connectivity index (χ2v) is 6.50. The molecule has 0 amide bonds. The molecule has 1 rings (SSSR count). The first-order valence-electron chi connectivity index (χ1n) is 5.75. The van der Waals surface area contributed by atoms with Crippen molar-refractivity contribution in [3.63, 3.8) is 0 Å². The number of aliphatic carboxylic acids is 1. The van der Waals surface area contributed by atoms with Crippen molar-refractivity contribution in [1.29, 1.82) is 0 Å². The van der Waals surface area contributed by atoms with Crippen LogP contribution in [0.2, 0.25) is 0 Å². The Morgan fingerprint density at radius 3 is 2.35 bits per heavy atom. The van der Waals surface area contributed by atoms with E-state index in [9.17, 15) is 18.3 Å². The zero-order valence-corrected chi connectivity index (χ0v) is 10.5. The first-order chi connectivity index (χ1) is 7.83. The van der Waals surface area contributed by atoms with E-state index in [4.69, 9.17) is 5.11 Å². The summed E-state index contributed by atoms with van der Waals surface area (Å²) in [5.74, 6) is -1.59. The molecule has 17 heavy (non-hydrogen) atoms. The average Bonchev–Trinajstić information content (AvgIpc) is 2.26. The molecule has 0 atom stereocenters. The van der Waals surface area contributed by atoms with E-state index in [2.05, 4.69) is 4.72 Å². The maximum Gasteiger partial charge on any atom is 0.304 e. The summed E-state index contributed by atoms with van der Waals surface area (Å²) in [6.07, 6.45) is 3.62. The lowest BCUT2D eigenvalue weighted by Crippen LogP contribution is -2.44. The van der Waals surface area contributed by atoms with Crippen molar-refractivity contribution >= 4 is 16.0 Å². The van der Waals surface area contributed by atoms with Gasteiger partial charge in [-0.15, -0.1) is 0 Å². The van der Waals surface area contributed by atoms with Crippen LogP contribution in [0, 0.1) is 0 Å². The summed E-state index contributed by atoms with van der Waals surface area (Å²) in [5, 5.41) is 18.5. The smallest absolute Gasteiger partial charge is 0.304 e. The highest BCUT2D eigenvalue weighted by molar-refractivity contribution is 7.89. The van der Waals surface area contributed by atoms with Gasteiger partial charge in [0.1, 0.15) is 0 Å². The molecule has 6 nitrogen and oxygen atoms in total. The van der Waals surface area contributed by atoms with Gasteiger partial charge in [-0.05, 0) is 12.8 Å². The van der Waals surface area contributed by atoms with E-state index in [0.29, 0.717) is 12.8 Å². The summed E-state index contributed by atoms with van der Waals surface area (Å²) in [6, 6.07) is 0. The third kappa shape index (κ3) is 5.47. The van der Waals surface area contributed by atoms with Gasteiger partial charge in [-0.2, -0.15) is 0 Å². The van der Waals surface area contributed by atoms with E-state index < -0.39 is 33.8 Å². The number of carboxylic acid groups (broad SMARTS) is 1. The van der Waals surface area contributed by atoms with Crippen LogP contribution in [0.15, 0.2) is 0 Å². The lowest BCUT2D eigenvalue weighted by atomic mass is 9.85. The first kappa shape index (κ1) is 14.4. The molecule has 0 aromatic heterocycles. The Morgan fingerprint density at radius 2 is 1.82 bits per heavy atom. The molecule has 0 spiro atoms. The number of rotatable bonds is 6. The maximum absolute atomic E-state index is 11.4. The van der Waals surface area contributed by atoms with Gasteiger partial charge in [0.25, 0.3) is 0 Å². The van der Waals surface area contributed by atoms with E-state index in [1.54, 1.807) is 0 Å². The zero-order chi connectivity index (χ0) is 12.9. The van der Waals surface area contributed by atoms with Crippen LogP contribution >= 0.6 is 0 Å². The Hall–Kier alpha value is -0.660. The second kappa shape index (κ2) is 5.79. The van der Waals surface area contributed by atoms with E-state index in [-0.39, 0.29) is 6.54 Å². The molecule has 0 unspecified atom stereocenters. The number of aliphatic hydroxyl groups is 1. The van der Waals surface area contributed by atoms with Crippen LogP contribution in [-0.4, -0.2) is 42.5 Å². The van der Waals surface area contributed by atoms with Crippen molar-refractivity contribution in [2.24, 2.45) is 0 Å². The Bertz CT molecular complexity index is 359. The Labute approximate surface area is 101 Å². The number of carboxylic acids is 1. The molecule has 1 aliphatic carbocycles. The summed E-state index contributed by atoms with van der Waals surface area (Å²) in [6.45, 7) is -0.0189. The Kier molecular flexibility index (Phi) is 4.91. The highest BCUT2D eigenvalue weighted by atomic mass is 32.2. The van der Waals surface area contributed by atoms with Crippen LogP contribution in [0.25, 0.3) is 0 Å². The van der Waals surface area contributed by atoms with Crippen molar-refractivity contribution in [2.75, 3.05) is 12.3 Å². The Balaban J connectivity index is 2.40. The second-order valence-electron chi connectivity index (χ2n) is 4.57. The number of hydrogen-bond donors (Lipinski definition) is 3. The molecule has 1 fully saturated rings. The molecule has 1 aliphatic rings. The minimum Gasteiger partial charge on any atom is -0.481 e. The molecule has 7 heteroatoms. The van der Waals surface area contributed by atoms with Crippen molar-refractivity contribution in [1.82, 2.24) is 4.72 Å². The number of hydrogen-bond acceptors (Lipinski definition) is 4. The monoisotopic (exact) mass is 265 g/mol. The quantitative estimate of drug-likeness (QED) is 0.631. The lowest BCUT2D eigenvalue weighted by Gasteiger charge is -2.31. The van der Waals surface area contributed by atoms with E-state index >= 15 is 0 Å². The van der Waals surface area contributed by atoms with Gasteiger partial charge in [0.15, 0.2) is 0 Å². The molecule has 100 valence electrons. The summed E-state index contributed by atoms with van der Waals surface area (Å²) >= 11 is 0. The lowest BCUT2D eigenvalue weighted by molar-refractivity contribution is -0.136. The average molecular weight is 265 g/mol. The van der Waals surface area contributed by atoms with Crippen molar-refractivity contribution < 1.29 is 23.4 Å². The number of sulfonamides is 1. The van der Waals surface area contributed by atoms with Gasteiger partial charge in [0.2, 0.25) is 10.0 Å². The topological polar surface area (TPSA) is 104 Å². The van der Waals surface area contributed by atoms with Crippen molar-refractivity contribution in [3.8, 4) is 0 Å². The van der Waals surface area contributed by atoms with Crippen LogP contribution in [0.3, 0.4) is 0 Å². The molecule has 0 bridgehead atoms. The fraction of sp³-hybridized carbons (Fsp3) is 0.900. The fourth-order valence-electron chi connectivity index (χ4n) is 1.92. The van der Waals surface area contributed by atoms with Gasteiger partial charge < -0.3 is 10.2 Å². The SMILES string of the molecule is O=C(O)CCS(=O)(=O)NCC1(O)CCCCC1. The summed E-state index contributed by atoms with van der Waals surface area (Å²) in [4.78, 5) is 10.3. The molecular weight excluding hydrogens is 246 g/mol. The molecule has 0 aromatic carbocycles. The maximum atomic E-state index is 11.4. The van der Waals surface area contributed by atoms with Crippen LogP contribution in [-0.2, 0) is 14.8 Å². The van der Waals surface area contributed by atoms with Crippen LogP contribution in [0.4, 0.5) is 0 Å². The van der Waals surface area contributed by atoms with Crippen LogP contribution < -0.4 is 4.72 Å². The standard InChI is InChI=1S/C10H19NO5S/c12-9(13)4-7-17(15,16)11-8-10(14)5-2-1-3-6-10/h11,14H,1-8H2,(H,12,13). The van der Waals surface area contributed by atoms with E-state index in [0.717, 1.165) is 19.3 Å². The number of carbonyl (C=O) groups is 1. The van der Waals surface area contributed by atoms with Crippen LogP contribution in [0.1, 0.15) is 38.5 Å². The van der Waals surface area contributed by atoms with E-state index in [1.165, 1.54) is 0 Å². The Morgan fingerprint density at radius 1 is 1.24 bits per heavy atom. The van der Waals surface area contributed by atoms with Gasteiger partial charge in [0.05, 0.1) is 17.8 Å². The third-order valence-electron chi connectivity index (χ3n) is 2.99.